The number of hydrogen-bond donors (Lipinski definition) is 2. The molecule has 0 radical (unpaired) electrons. The molecule has 0 aromatic heterocycles. The lowest BCUT2D eigenvalue weighted by Crippen LogP contribution is -2.35. The molecule has 5 heteroatoms. The Kier molecular flexibility index (Phi) is 6.10. The van der Waals surface area contributed by atoms with E-state index in [1.165, 1.54) is 23.6 Å². The lowest BCUT2D eigenvalue weighted by molar-refractivity contribution is 0.214. The van der Waals surface area contributed by atoms with Gasteiger partial charge in [0.1, 0.15) is 5.25 Å². The minimum absolute atomic E-state index is 0.203. The Morgan fingerprint density at radius 1 is 1.42 bits per heavy atom. The third-order valence-electron chi connectivity index (χ3n) is 5.64. The predicted octanol–water partition coefficient (Wildman–Crippen LogP) is 2.92. The molecule has 0 amide bonds. The van der Waals surface area contributed by atoms with E-state index < -0.39 is 26.4 Å². The second-order valence-electron chi connectivity index (χ2n) is 7.33. The lowest BCUT2D eigenvalue weighted by atomic mass is 9.81. The number of aliphatic hydroxyl groups excluding tert-OH is 2. The zero-order chi connectivity index (χ0) is 18.1. The van der Waals surface area contributed by atoms with Crippen molar-refractivity contribution >= 4 is 9.84 Å². The van der Waals surface area contributed by atoms with Gasteiger partial charge in [0.25, 0.3) is 0 Å². The largest absolute Gasteiger partial charge is 0.392 e. The summed E-state index contributed by atoms with van der Waals surface area (Å²) in [6.45, 7) is 7.60. The van der Waals surface area contributed by atoms with Gasteiger partial charge in [-0.05, 0) is 57.9 Å². The number of rotatable bonds is 5. The van der Waals surface area contributed by atoms with E-state index in [4.69, 9.17) is 5.11 Å². The normalized spacial score (nSPS) is 32.0. The van der Waals surface area contributed by atoms with Crippen molar-refractivity contribution in [3.8, 4) is 0 Å². The Labute approximate surface area is 145 Å². The Bertz CT molecular complexity index is 669. The number of sulfone groups is 1. The first-order chi connectivity index (χ1) is 11.2. The summed E-state index contributed by atoms with van der Waals surface area (Å²) in [4.78, 5) is 0. The fourth-order valence-electron chi connectivity index (χ4n) is 3.99. The molecule has 2 N–H and O–H groups in total. The molecule has 0 spiro atoms. The van der Waals surface area contributed by atoms with Crippen molar-refractivity contribution in [3.05, 3.63) is 34.4 Å². The molecular formula is C19H30O4S. The first kappa shape index (κ1) is 19.4. The van der Waals surface area contributed by atoms with Crippen LogP contribution in [0.5, 0.6) is 0 Å². The summed E-state index contributed by atoms with van der Waals surface area (Å²) in [5.41, 5.74) is 3.93. The molecule has 0 aromatic carbocycles. The van der Waals surface area contributed by atoms with E-state index in [0.29, 0.717) is 17.9 Å². The van der Waals surface area contributed by atoms with Crippen molar-refractivity contribution in [2.75, 3.05) is 6.61 Å². The maximum atomic E-state index is 13.0. The molecule has 0 saturated carbocycles. The zero-order valence-corrected chi connectivity index (χ0v) is 15.9. The first-order valence-corrected chi connectivity index (χ1v) is 10.4. The van der Waals surface area contributed by atoms with Crippen LogP contribution in [0, 0.1) is 5.92 Å². The molecule has 0 saturated heterocycles. The van der Waals surface area contributed by atoms with Crippen LogP contribution in [0.2, 0.25) is 0 Å². The second-order valence-corrected chi connectivity index (χ2v) is 9.62. The van der Waals surface area contributed by atoms with E-state index in [1.54, 1.807) is 13.0 Å². The second kappa shape index (κ2) is 7.54. The molecule has 2 rings (SSSR count). The molecule has 4 unspecified atom stereocenters. The molecule has 136 valence electrons. The number of aliphatic hydroxyl groups is 2. The Morgan fingerprint density at radius 3 is 2.67 bits per heavy atom. The Hall–Kier alpha value is -0.910. The standard InChI is InChI=1S/C19H30O4S/c1-12-6-5-7-13(2)16(12)11-17-15(4)10-18(24(17,22)23)19(21)14(3)8-9-20/h8,10,12,17-21H,5-7,9,11H2,1-4H3/b14-8+. The highest BCUT2D eigenvalue weighted by atomic mass is 32.2. The number of allylic oxidation sites excluding steroid dienone is 2. The van der Waals surface area contributed by atoms with Gasteiger partial charge in [-0.3, -0.25) is 0 Å². The van der Waals surface area contributed by atoms with Crippen LogP contribution in [0.4, 0.5) is 0 Å². The number of hydrogen-bond acceptors (Lipinski definition) is 4. The molecular weight excluding hydrogens is 324 g/mol. The van der Waals surface area contributed by atoms with Gasteiger partial charge in [-0.25, -0.2) is 8.42 Å². The monoisotopic (exact) mass is 354 g/mol. The zero-order valence-electron chi connectivity index (χ0n) is 15.1. The minimum Gasteiger partial charge on any atom is -0.392 e. The quantitative estimate of drug-likeness (QED) is 0.745. The van der Waals surface area contributed by atoms with Gasteiger partial charge < -0.3 is 10.2 Å². The van der Waals surface area contributed by atoms with E-state index in [2.05, 4.69) is 13.8 Å². The molecule has 2 aliphatic rings. The fraction of sp³-hybridized carbons (Fsp3) is 0.684. The summed E-state index contributed by atoms with van der Waals surface area (Å²) < 4.78 is 26.0. The summed E-state index contributed by atoms with van der Waals surface area (Å²) in [5.74, 6) is 0.432. The summed E-state index contributed by atoms with van der Waals surface area (Å²) in [7, 11) is -3.49. The van der Waals surface area contributed by atoms with Crippen molar-refractivity contribution in [1.29, 1.82) is 0 Å². The summed E-state index contributed by atoms with van der Waals surface area (Å²) in [6, 6.07) is 0. The highest BCUT2D eigenvalue weighted by molar-refractivity contribution is 7.93. The molecule has 1 heterocycles. The molecule has 0 aromatic rings. The molecule has 4 atom stereocenters. The van der Waals surface area contributed by atoms with E-state index >= 15 is 0 Å². The van der Waals surface area contributed by atoms with E-state index in [0.717, 1.165) is 18.4 Å². The fourth-order valence-corrected chi connectivity index (χ4v) is 6.35. The minimum atomic E-state index is -3.49. The van der Waals surface area contributed by atoms with Crippen LogP contribution in [0.15, 0.2) is 34.4 Å². The maximum absolute atomic E-state index is 13.0. The molecule has 0 fully saturated rings. The van der Waals surface area contributed by atoms with Crippen LogP contribution in [0.1, 0.15) is 53.4 Å². The van der Waals surface area contributed by atoms with Gasteiger partial charge in [0, 0.05) is 0 Å². The van der Waals surface area contributed by atoms with Crippen LogP contribution in [-0.2, 0) is 9.84 Å². The van der Waals surface area contributed by atoms with Gasteiger partial charge in [-0.15, -0.1) is 0 Å². The average molecular weight is 355 g/mol. The van der Waals surface area contributed by atoms with Crippen molar-refractivity contribution in [1.82, 2.24) is 0 Å². The SMILES string of the molecule is CC1=CC(C(O)/C(C)=C/CO)S(=O)(=O)C1CC1=C(C)CCCC1C. The van der Waals surface area contributed by atoms with Crippen LogP contribution in [0.25, 0.3) is 0 Å². The smallest absolute Gasteiger partial charge is 0.166 e. The summed E-state index contributed by atoms with van der Waals surface area (Å²) in [5, 5.41) is 17.9. The van der Waals surface area contributed by atoms with Gasteiger partial charge >= 0.3 is 0 Å². The molecule has 1 aliphatic heterocycles. The summed E-state index contributed by atoms with van der Waals surface area (Å²) >= 11 is 0. The molecule has 24 heavy (non-hydrogen) atoms. The highest BCUT2D eigenvalue weighted by Crippen LogP contribution is 2.39. The van der Waals surface area contributed by atoms with Gasteiger partial charge in [0.05, 0.1) is 18.0 Å². The third-order valence-corrected chi connectivity index (χ3v) is 8.12. The average Bonchev–Trinajstić information content (AvgIpc) is 2.73. The maximum Gasteiger partial charge on any atom is 0.166 e. The van der Waals surface area contributed by atoms with Gasteiger partial charge in [-0.2, -0.15) is 0 Å². The lowest BCUT2D eigenvalue weighted by Gasteiger charge is -2.28. The van der Waals surface area contributed by atoms with Crippen LogP contribution < -0.4 is 0 Å². The first-order valence-electron chi connectivity index (χ1n) is 8.75. The third kappa shape index (κ3) is 3.68. The van der Waals surface area contributed by atoms with E-state index in [9.17, 15) is 13.5 Å². The molecule has 1 aliphatic carbocycles. The van der Waals surface area contributed by atoms with Crippen molar-refractivity contribution in [2.45, 2.75) is 70.0 Å². The van der Waals surface area contributed by atoms with Gasteiger partial charge in [0.15, 0.2) is 9.84 Å². The molecule has 0 bridgehead atoms. The Balaban J connectivity index is 2.28. The Morgan fingerprint density at radius 2 is 2.08 bits per heavy atom. The van der Waals surface area contributed by atoms with Crippen LogP contribution in [0.3, 0.4) is 0 Å². The van der Waals surface area contributed by atoms with Crippen molar-refractivity contribution in [3.63, 3.8) is 0 Å². The van der Waals surface area contributed by atoms with Gasteiger partial charge in [0.2, 0.25) is 0 Å². The van der Waals surface area contributed by atoms with E-state index in [1.807, 2.05) is 6.92 Å². The van der Waals surface area contributed by atoms with Crippen LogP contribution >= 0.6 is 0 Å². The van der Waals surface area contributed by atoms with Crippen LogP contribution in [-0.4, -0.2) is 41.8 Å². The van der Waals surface area contributed by atoms with Crippen molar-refractivity contribution < 1.29 is 18.6 Å². The molecule has 4 nitrogen and oxygen atoms in total. The highest BCUT2D eigenvalue weighted by Gasteiger charge is 2.44. The van der Waals surface area contributed by atoms with Gasteiger partial charge in [-0.1, -0.05) is 35.8 Å². The van der Waals surface area contributed by atoms with Crippen molar-refractivity contribution in [2.24, 2.45) is 5.92 Å². The van der Waals surface area contributed by atoms with E-state index in [-0.39, 0.29) is 6.61 Å². The topological polar surface area (TPSA) is 74.6 Å². The summed E-state index contributed by atoms with van der Waals surface area (Å²) in [6.07, 6.45) is 5.96. The predicted molar refractivity (Wildman–Crippen MR) is 97.4 cm³/mol.